The molecule has 0 unspecified atom stereocenters. The van der Waals surface area contributed by atoms with Crippen molar-refractivity contribution in [1.82, 2.24) is 4.98 Å². The summed E-state index contributed by atoms with van der Waals surface area (Å²) in [6.45, 7) is 1.99. The monoisotopic (exact) mass is 324 g/mol. The van der Waals surface area contributed by atoms with E-state index < -0.39 is 0 Å². The molecule has 0 aliphatic carbocycles. The molecule has 0 aliphatic heterocycles. The highest BCUT2D eigenvalue weighted by atomic mass is 79.9. The van der Waals surface area contributed by atoms with Crippen LogP contribution in [-0.4, -0.2) is 16.2 Å². The van der Waals surface area contributed by atoms with Crippen LogP contribution in [0.1, 0.15) is 11.4 Å². The number of alkyl halides is 1. The highest BCUT2D eigenvalue weighted by molar-refractivity contribution is 9.09. The Hall–Kier alpha value is -1.20. The van der Waals surface area contributed by atoms with Crippen molar-refractivity contribution < 1.29 is 4.79 Å². The third kappa shape index (κ3) is 3.40. The van der Waals surface area contributed by atoms with E-state index >= 15 is 0 Å². The van der Waals surface area contributed by atoms with Crippen LogP contribution in [0, 0.1) is 6.92 Å². The number of amides is 1. The number of carbonyl (C=O) groups is 1. The standard InChI is InChI=1S/C13H13BrN2OS/c1-9-15-12(8-18-9)10-2-4-11(5-3-10)16-13(17)6-7-14/h2-5,8H,6-7H2,1H3,(H,16,17). The smallest absolute Gasteiger partial charge is 0.225 e. The van der Waals surface area contributed by atoms with Crippen LogP contribution < -0.4 is 5.32 Å². The first-order valence-corrected chi connectivity index (χ1v) is 7.57. The van der Waals surface area contributed by atoms with Gasteiger partial charge in [-0.25, -0.2) is 4.98 Å². The number of rotatable bonds is 4. The number of carbonyl (C=O) groups excluding carboxylic acids is 1. The number of nitrogens with zero attached hydrogens (tertiary/aromatic N) is 1. The van der Waals surface area contributed by atoms with Crippen molar-refractivity contribution in [3.63, 3.8) is 0 Å². The van der Waals surface area contributed by atoms with Crippen molar-refractivity contribution in [2.45, 2.75) is 13.3 Å². The van der Waals surface area contributed by atoms with E-state index in [-0.39, 0.29) is 5.91 Å². The fourth-order valence-corrected chi connectivity index (χ4v) is 2.51. The Labute approximate surface area is 118 Å². The highest BCUT2D eigenvalue weighted by Crippen LogP contribution is 2.23. The number of hydrogen-bond donors (Lipinski definition) is 1. The van der Waals surface area contributed by atoms with Crippen LogP contribution >= 0.6 is 27.3 Å². The molecular formula is C13H13BrN2OS. The Bertz CT molecular complexity index is 536. The fourth-order valence-electron chi connectivity index (χ4n) is 1.53. The predicted molar refractivity (Wildman–Crippen MR) is 79.3 cm³/mol. The molecule has 0 atom stereocenters. The first-order chi connectivity index (χ1) is 8.69. The first kappa shape index (κ1) is 13.2. The molecule has 94 valence electrons. The highest BCUT2D eigenvalue weighted by Gasteiger charge is 2.04. The average molecular weight is 325 g/mol. The summed E-state index contributed by atoms with van der Waals surface area (Å²) in [4.78, 5) is 15.8. The molecule has 18 heavy (non-hydrogen) atoms. The maximum Gasteiger partial charge on any atom is 0.225 e. The predicted octanol–water partition coefficient (Wildman–Crippen LogP) is 3.84. The molecule has 0 aliphatic rings. The summed E-state index contributed by atoms with van der Waals surface area (Å²) in [6.07, 6.45) is 0.479. The lowest BCUT2D eigenvalue weighted by molar-refractivity contribution is -0.115. The number of halogens is 1. The number of aryl methyl sites for hydroxylation is 1. The Balaban J connectivity index is 2.08. The zero-order chi connectivity index (χ0) is 13.0. The minimum atomic E-state index is 0.0177. The van der Waals surface area contributed by atoms with Gasteiger partial charge in [0, 0.05) is 28.4 Å². The molecular weight excluding hydrogens is 312 g/mol. The van der Waals surface area contributed by atoms with Gasteiger partial charge in [0.1, 0.15) is 0 Å². The minimum Gasteiger partial charge on any atom is -0.326 e. The Kier molecular flexibility index (Phi) is 4.49. The number of aromatic nitrogens is 1. The first-order valence-electron chi connectivity index (χ1n) is 5.57. The molecule has 3 nitrogen and oxygen atoms in total. The summed E-state index contributed by atoms with van der Waals surface area (Å²) in [6, 6.07) is 7.74. The molecule has 1 heterocycles. The van der Waals surface area contributed by atoms with Crippen LogP contribution in [0.5, 0.6) is 0 Å². The second-order valence-electron chi connectivity index (χ2n) is 3.82. The van der Waals surface area contributed by atoms with Gasteiger partial charge >= 0.3 is 0 Å². The second kappa shape index (κ2) is 6.11. The van der Waals surface area contributed by atoms with Gasteiger partial charge in [0.25, 0.3) is 0 Å². The lowest BCUT2D eigenvalue weighted by Gasteiger charge is -2.04. The molecule has 2 aromatic rings. The maximum absolute atomic E-state index is 11.4. The fraction of sp³-hybridized carbons (Fsp3) is 0.231. The molecule has 5 heteroatoms. The van der Waals surface area contributed by atoms with Crippen molar-refractivity contribution in [1.29, 1.82) is 0 Å². The van der Waals surface area contributed by atoms with Gasteiger partial charge in [0.2, 0.25) is 5.91 Å². The average Bonchev–Trinajstić information content (AvgIpc) is 2.77. The van der Waals surface area contributed by atoms with Gasteiger partial charge in [-0.1, -0.05) is 28.1 Å². The minimum absolute atomic E-state index is 0.0177. The van der Waals surface area contributed by atoms with Crippen molar-refractivity contribution >= 4 is 38.9 Å². The molecule has 1 aromatic carbocycles. The summed E-state index contributed by atoms with van der Waals surface area (Å²) in [5.74, 6) is 0.0177. The number of nitrogens with one attached hydrogen (secondary N) is 1. The zero-order valence-corrected chi connectivity index (χ0v) is 12.3. The van der Waals surface area contributed by atoms with E-state index in [1.54, 1.807) is 11.3 Å². The molecule has 0 saturated heterocycles. The van der Waals surface area contributed by atoms with Crippen LogP contribution in [0.25, 0.3) is 11.3 Å². The van der Waals surface area contributed by atoms with Gasteiger partial charge in [0.15, 0.2) is 0 Å². The van der Waals surface area contributed by atoms with E-state index in [9.17, 15) is 4.79 Å². The summed E-state index contributed by atoms with van der Waals surface area (Å²) in [7, 11) is 0. The SMILES string of the molecule is Cc1nc(-c2ccc(NC(=O)CCBr)cc2)cs1. The van der Waals surface area contributed by atoms with Crippen molar-refractivity contribution in [3.8, 4) is 11.3 Å². The van der Waals surface area contributed by atoms with E-state index in [0.29, 0.717) is 11.8 Å². The van der Waals surface area contributed by atoms with E-state index in [1.807, 2.05) is 36.6 Å². The maximum atomic E-state index is 11.4. The molecule has 1 N–H and O–H groups in total. The van der Waals surface area contributed by atoms with E-state index in [1.165, 1.54) is 0 Å². The molecule has 1 aromatic heterocycles. The third-order valence-electron chi connectivity index (χ3n) is 2.40. The Morgan fingerprint density at radius 2 is 2.11 bits per heavy atom. The Morgan fingerprint density at radius 1 is 1.39 bits per heavy atom. The number of hydrogen-bond acceptors (Lipinski definition) is 3. The summed E-state index contributed by atoms with van der Waals surface area (Å²) in [5.41, 5.74) is 2.87. The van der Waals surface area contributed by atoms with Gasteiger partial charge < -0.3 is 5.32 Å². The topological polar surface area (TPSA) is 42.0 Å². The zero-order valence-electron chi connectivity index (χ0n) is 9.94. The van der Waals surface area contributed by atoms with E-state index in [2.05, 4.69) is 26.2 Å². The summed E-state index contributed by atoms with van der Waals surface area (Å²) in [5, 5.41) is 6.61. The van der Waals surface area contributed by atoms with Gasteiger partial charge in [0.05, 0.1) is 10.7 Å². The number of anilines is 1. The van der Waals surface area contributed by atoms with Gasteiger partial charge in [-0.3, -0.25) is 4.79 Å². The van der Waals surface area contributed by atoms with Gasteiger partial charge in [-0.05, 0) is 19.1 Å². The third-order valence-corrected chi connectivity index (χ3v) is 3.57. The van der Waals surface area contributed by atoms with Crippen molar-refractivity contribution in [2.75, 3.05) is 10.6 Å². The van der Waals surface area contributed by atoms with Crippen LogP contribution in [0.3, 0.4) is 0 Å². The molecule has 1 amide bonds. The van der Waals surface area contributed by atoms with Gasteiger partial charge in [-0.2, -0.15) is 0 Å². The van der Waals surface area contributed by atoms with Crippen molar-refractivity contribution in [3.05, 3.63) is 34.7 Å². The Morgan fingerprint density at radius 3 is 2.67 bits per heavy atom. The number of benzene rings is 1. The summed E-state index contributed by atoms with van der Waals surface area (Å²) >= 11 is 4.87. The van der Waals surface area contributed by atoms with Crippen molar-refractivity contribution in [2.24, 2.45) is 0 Å². The molecule has 0 saturated carbocycles. The van der Waals surface area contributed by atoms with Crippen LogP contribution in [-0.2, 0) is 4.79 Å². The molecule has 2 rings (SSSR count). The van der Waals surface area contributed by atoms with Crippen LogP contribution in [0.2, 0.25) is 0 Å². The van der Waals surface area contributed by atoms with E-state index in [4.69, 9.17) is 0 Å². The quantitative estimate of drug-likeness (QED) is 0.868. The normalized spacial score (nSPS) is 10.3. The lowest BCUT2D eigenvalue weighted by Crippen LogP contribution is -2.11. The summed E-state index contributed by atoms with van der Waals surface area (Å²) < 4.78 is 0. The van der Waals surface area contributed by atoms with Gasteiger partial charge in [-0.15, -0.1) is 11.3 Å². The molecule has 0 bridgehead atoms. The number of thiazole rings is 1. The largest absolute Gasteiger partial charge is 0.326 e. The second-order valence-corrected chi connectivity index (χ2v) is 5.67. The van der Waals surface area contributed by atoms with E-state index in [0.717, 1.165) is 22.0 Å². The van der Waals surface area contributed by atoms with Crippen LogP contribution in [0.15, 0.2) is 29.6 Å². The molecule has 0 fully saturated rings. The molecule has 0 radical (unpaired) electrons. The molecule has 0 spiro atoms. The van der Waals surface area contributed by atoms with Crippen LogP contribution in [0.4, 0.5) is 5.69 Å². The lowest BCUT2D eigenvalue weighted by atomic mass is 10.1.